The quantitative estimate of drug-likeness (QED) is 0.0587. The molecule has 0 bridgehead atoms. The number of carbonyl (C=O) groups is 1. The van der Waals surface area contributed by atoms with Crippen molar-refractivity contribution >= 4 is 5.97 Å². The van der Waals surface area contributed by atoms with Crippen LogP contribution in [0.3, 0.4) is 0 Å². The monoisotopic (exact) mass is 562 g/mol. The molecule has 14 heteroatoms. The average Bonchev–Trinajstić information content (AvgIpc) is 2.91. The van der Waals surface area contributed by atoms with Gasteiger partial charge in [-0.3, -0.25) is 0 Å². The summed E-state index contributed by atoms with van der Waals surface area (Å²) in [7, 11) is 0. The summed E-state index contributed by atoms with van der Waals surface area (Å²) in [6.45, 7) is 12.1. The third-order valence-corrected chi connectivity index (χ3v) is 3.51. The van der Waals surface area contributed by atoms with E-state index in [1.54, 1.807) is 0 Å². The van der Waals surface area contributed by atoms with Gasteiger partial charge in [-0.2, -0.15) is 0 Å². The Morgan fingerprint density at radius 3 is 0.842 bits per heavy atom. The number of aliphatic hydroxyl groups is 4. The van der Waals surface area contributed by atoms with Crippen LogP contribution in [-0.4, -0.2) is 163 Å². The van der Waals surface area contributed by atoms with E-state index >= 15 is 0 Å². The fraction of sp³-hybridized carbons (Fsp3) is 0.875. The first-order chi connectivity index (χ1) is 18.5. The zero-order chi connectivity index (χ0) is 29.0. The number of hydrogen-bond donors (Lipinski definition) is 5. The van der Waals surface area contributed by atoms with E-state index in [0.29, 0.717) is 106 Å². The van der Waals surface area contributed by atoms with Crippen LogP contribution in [0.4, 0.5) is 0 Å². The molecule has 0 aromatic rings. The number of carboxylic acids is 1. The van der Waals surface area contributed by atoms with Gasteiger partial charge >= 0.3 is 5.97 Å². The lowest BCUT2D eigenvalue weighted by molar-refractivity contribution is -0.131. The maximum atomic E-state index is 9.25. The summed E-state index contributed by atoms with van der Waals surface area (Å²) >= 11 is 0. The molecule has 0 saturated carbocycles. The SMILES string of the molecule is C=CC(=O)O.CC(O)CO.OCCOCCOCCOCCOCCOCCOCCOCCOCCO. The van der Waals surface area contributed by atoms with Crippen molar-refractivity contribution in [2.45, 2.75) is 13.0 Å². The van der Waals surface area contributed by atoms with Crippen LogP contribution >= 0.6 is 0 Å². The van der Waals surface area contributed by atoms with Crippen molar-refractivity contribution in [1.82, 2.24) is 0 Å². The average molecular weight is 563 g/mol. The molecule has 0 aliphatic rings. The minimum absolute atomic E-state index is 0.0294. The van der Waals surface area contributed by atoms with E-state index < -0.39 is 12.1 Å². The molecule has 0 saturated heterocycles. The molecular weight excluding hydrogens is 512 g/mol. The molecule has 38 heavy (non-hydrogen) atoms. The molecule has 1 unspecified atom stereocenters. The molecule has 0 spiro atoms. The summed E-state index contributed by atoms with van der Waals surface area (Å²) in [6.07, 6.45) is 0.273. The molecule has 0 heterocycles. The van der Waals surface area contributed by atoms with Crippen molar-refractivity contribution in [3.05, 3.63) is 12.7 Å². The maximum Gasteiger partial charge on any atom is 0.327 e. The van der Waals surface area contributed by atoms with Gasteiger partial charge in [0.05, 0.1) is 132 Å². The topological polar surface area (TPSA) is 192 Å². The van der Waals surface area contributed by atoms with Gasteiger partial charge in [-0.25, -0.2) is 4.79 Å². The largest absolute Gasteiger partial charge is 0.478 e. The molecule has 0 amide bonds. The van der Waals surface area contributed by atoms with Crippen LogP contribution < -0.4 is 0 Å². The highest BCUT2D eigenvalue weighted by Gasteiger charge is 1.95. The first-order valence-corrected chi connectivity index (χ1v) is 12.4. The minimum atomic E-state index is -0.981. The van der Waals surface area contributed by atoms with Gasteiger partial charge < -0.3 is 63.4 Å². The second-order valence-electron chi connectivity index (χ2n) is 6.92. The molecule has 0 aromatic carbocycles. The van der Waals surface area contributed by atoms with E-state index in [1.807, 2.05) is 0 Å². The fourth-order valence-electron chi connectivity index (χ4n) is 1.77. The van der Waals surface area contributed by atoms with Gasteiger partial charge in [0.25, 0.3) is 0 Å². The minimum Gasteiger partial charge on any atom is -0.478 e. The van der Waals surface area contributed by atoms with Crippen molar-refractivity contribution in [3.8, 4) is 0 Å². The number of ether oxygens (including phenoxy) is 8. The van der Waals surface area contributed by atoms with Crippen LogP contribution in [0.15, 0.2) is 12.7 Å². The lowest BCUT2D eigenvalue weighted by atomic mass is 10.5. The second kappa shape index (κ2) is 40.2. The molecule has 230 valence electrons. The molecule has 0 aliphatic heterocycles. The molecule has 0 aromatic heterocycles. The van der Waals surface area contributed by atoms with Gasteiger partial charge in [0.1, 0.15) is 0 Å². The molecule has 5 N–H and O–H groups in total. The number of aliphatic carboxylic acids is 1. The van der Waals surface area contributed by atoms with Crippen LogP contribution in [0.1, 0.15) is 6.92 Å². The van der Waals surface area contributed by atoms with E-state index in [-0.39, 0.29) is 19.8 Å². The number of carboxylic acid groups (broad SMARTS) is 1. The van der Waals surface area contributed by atoms with Gasteiger partial charge in [-0.15, -0.1) is 0 Å². The smallest absolute Gasteiger partial charge is 0.327 e. The number of hydrogen-bond acceptors (Lipinski definition) is 13. The zero-order valence-electron chi connectivity index (χ0n) is 22.7. The van der Waals surface area contributed by atoms with Crippen LogP contribution in [0.5, 0.6) is 0 Å². The molecular formula is C24H50O14. The lowest BCUT2D eigenvalue weighted by Crippen LogP contribution is -2.15. The predicted molar refractivity (Wildman–Crippen MR) is 137 cm³/mol. The highest BCUT2D eigenvalue weighted by molar-refractivity contribution is 5.78. The summed E-state index contributed by atoms with van der Waals surface area (Å²) in [5.41, 5.74) is 0. The molecule has 0 aliphatic carbocycles. The van der Waals surface area contributed by atoms with Crippen molar-refractivity contribution in [3.63, 3.8) is 0 Å². The first-order valence-electron chi connectivity index (χ1n) is 12.4. The van der Waals surface area contributed by atoms with Gasteiger partial charge in [0.2, 0.25) is 0 Å². The Morgan fingerprint density at radius 1 is 0.579 bits per heavy atom. The Balaban J connectivity index is -0.00000103. The van der Waals surface area contributed by atoms with Gasteiger partial charge in [0.15, 0.2) is 0 Å². The molecule has 0 rings (SSSR count). The maximum absolute atomic E-state index is 9.25. The normalized spacial score (nSPS) is 11.2. The Bertz CT molecular complexity index is 414. The van der Waals surface area contributed by atoms with Crippen LogP contribution in [0.25, 0.3) is 0 Å². The van der Waals surface area contributed by atoms with Crippen molar-refractivity contribution in [1.29, 1.82) is 0 Å². The van der Waals surface area contributed by atoms with Crippen LogP contribution in [0, 0.1) is 0 Å². The molecule has 1 atom stereocenters. The van der Waals surface area contributed by atoms with Crippen LogP contribution in [0.2, 0.25) is 0 Å². The van der Waals surface area contributed by atoms with Crippen molar-refractivity contribution < 1.29 is 68.2 Å². The zero-order valence-corrected chi connectivity index (χ0v) is 22.7. The molecule has 0 radical (unpaired) electrons. The third-order valence-electron chi connectivity index (χ3n) is 3.51. The van der Waals surface area contributed by atoms with Gasteiger partial charge in [-0.05, 0) is 6.92 Å². The van der Waals surface area contributed by atoms with Gasteiger partial charge in [0, 0.05) is 6.08 Å². The lowest BCUT2D eigenvalue weighted by Gasteiger charge is -2.08. The first kappa shape index (κ1) is 41.2. The van der Waals surface area contributed by atoms with E-state index in [1.165, 1.54) is 6.92 Å². The van der Waals surface area contributed by atoms with Crippen molar-refractivity contribution in [2.24, 2.45) is 0 Å². The Kier molecular flexibility index (Phi) is 43.6. The van der Waals surface area contributed by atoms with Crippen LogP contribution in [-0.2, 0) is 42.7 Å². The summed E-state index contributed by atoms with van der Waals surface area (Å²) in [4.78, 5) is 9.25. The Hall–Kier alpha value is -1.27. The summed E-state index contributed by atoms with van der Waals surface area (Å²) in [6, 6.07) is 0. The Labute approximate surface area is 225 Å². The van der Waals surface area contributed by atoms with Crippen molar-refractivity contribution in [2.75, 3.05) is 126 Å². The highest BCUT2D eigenvalue weighted by Crippen LogP contribution is 1.85. The molecule has 0 fully saturated rings. The Morgan fingerprint density at radius 2 is 0.737 bits per heavy atom. The van der Waals surface area contributed by atoms with Gasteiger partial charge in [-0.1, -0.05) is 6.58 Å². The van der Waals surface area contributed by atoms with E-state index in [0.717, 1.165) is 6.08 Å². The predicted octanol–water partition coefficient (Wildman–Crippen LogP) is -1.28. The summed E-state index contributed by atoms with van der Waals surface area (Å²) in [5.74, 6) is -0.981. The fourth-order valence-corrected chi connectivity index (χ4v) is 1.77. The number of rotatable bonds is 27. The molecule has 14 nitrogen and oxygen atoms in total. The highest BCUT2D eigenvalue weighted by atomic mass is 16.6. The number of aliphatic hydroxyl groups excluding tert-OH is 4. The third kappa shape index (κ3) is 51.4. The van der Waals surface area contributed by atoms with E-state index in [4.69, 9.17) is 63.4 Å². The summed E-state index contributed by atoms with van der Waals surface area (Å²) in [5, 5.41) is 40.6. The standard InChI is InChI=1S/C18H38O10.C3H8O2.C3H4O2/c19-1-3-21-5-7-23-9-11-25-13-15-27-17-18-28-16-14-26-12-10-24-8-6-22-4-2-20;1-3(5)2-4;1-2-3(4)5/h19-20H,1-18H2;3-5H,2H2,1H3;2H,1H2,(H,4,5). The second-order valence-corrected chi connectivity index (χ2v) is 6.92. The summed E-state index contributed by atoms with van der Waals surface area (Å²) < 4.78 is 42.2. The van der Waals surface area contributed by atoms with E-state index in [2.05, 4.69) is 6.58 Å². The van der Waals surface area contributed by atoms with E-state index in [9.17, 15) is 4.79 Å².